The number of rotatable bonds is 7. The van der Waals surface area contributed by atoms with E-state index in [1.807, 2.05) is 35.2 Å². The first-order valence-corrected chi connectivity index (χ1v) is 11.0. The van der Waals surface area contributed by atoms with Crippen molar-refractivity contribution in [1.82, 2.24) is 9.62 Å². The van der Waals surface area contributed by atoms with Crippen molar-refractivity contribution in [2.75, 3.05) is 19.7 Å². The van der Waals surface area contributed by atoms with E-state index in [0.717, 1.165) is 37.9 Å². The fourth-order valence-corrected chi connectivity index (χ4v) is 4.44. The predicted octanol–water partition coefficient (Wildman–Crippen LogP) is 3.12. The van der Waals surface area contributed by atoms with Crippen LogP contribution in [0.3, 0.4) is 0 Å². The number of nitrogens with one attached hydrogen (secondary N) is 1. The van der Waals surface area contributed by atoms with Crippen LogP contribution in [0.2, 0.25) is 0 Å². The number of carbonyl (C=O) groups excluding carboxylic acids is 1. The van der Waals surface area contributed by atoms with Crippen LogP contribution in [-0.2, 0) is 14.8 Å². The minimum atomic E-state index is -3.65. The zero-order valence-electron chi connectivity index (χ0n) is 16.0. The van der Waals surface area contributed by atoms with E-state index in [9.17, 15) is 13.2 Å². The first-order chi connectivity index (χ1) is 13.5. The summed E-state index contributed by atoms with van der Waals surface area (Å²) in [6.45, 7) is 3.33. The Balaban J connectivity index is 1.57. The quantitative estimate of drug-likeness (QED) is 0.772. The lowest BCUT2D eigenvalue weighted by Crippen LogP contribution is -2.38. The van der Waals surface area contributed by atoms with E-state index in [-0.39, 0.29) is 23.5 Å². The summed E-state index contributed by atoms with van der Waals surface area (Å²) in [5, 5.41) is 0. The van der Waals surface area contributed by atoms with Gasteiger partial charge in [-0.05, 0) is 56.0 Å². The van der Waals surface area contributed by atoms with Gasteiger partial charge in [-0.3, -0.25) is 4.79 Å². The van der Waals surface area contributed by atoms with E-state index in [4.69, 9.17) is 4.74 Å². The van der Waals surface area contributed by atoms with Crippen LogP contribution in [0.15, 0.2) is 59.5 Å². The third kappa shape index (κ3) is 5.33. The van der Waals surface area contributed by atoms with Gasteiger partial charge in [-0.2, -0.15) is 0 Å². The summed E-state index contributed by atoms with van der Waals surface area (Å²) in [6, 6.07) is 15.2. The van der Waals surface area contributed by atoms with E-state index < -0.39 is 10.0 Å². The van der Waals surface area contributed by atoms with Crippen molar-refractivity contribution in [1.29, 1.82) is 0 Å². The summed E-state index contributed by atoms with van der Waals surface area (Å²) in [5.74, 6) is 0.440. The van der Waals surface area contributed by atoms with Crippen LogP contribution in [0.1, 0.15) is 37.8 Å². The van der Waals surface area contributed by atoms with E-state index >= 15 is 0 Å². The van der Waals surface area contributed by atoms with Crippen LogP contribution in [-0.4, -0.2) is 38.9 Å². The average molecular weight is 403 g/mol. The zero-order valence-corrected chi connectivity index (χ0v) is 16.8. The summed E-state index contributed by atoms with van der Waals surface area (Å²) < 4.78 is 33.4. The smallest absolute Gasteiger partial charge is 0.260 e. The maximum atomic E-state index is 12.6. The van der Waals surface area contributed by atoms with Crippen molar-refractivity contribution in [2.24, 2.45) is 0 Å². The Morgan fingerprint density at radius 2 is 1.68 bits per heavy atom. The molecule has 1 heterocycles. The monoisotopic (exact) mass is 402 g/mol. The molecule has 0 aromatic heterocycles. The topological polar surface area (TPSA) is 75.7 Å². The van der Waals surface area contributed by atoms with Gasteiger partial charge in [0, 0.05) is 19.1 Å². The molecule has 1 atom stereocenters. The van der Waals surface area contributed by atoms with E-state index in [2.05, 4.69) is 4.72 Å². The van der Waals surface area contributed by atoms with Gasteiger partial charge in [0.15, 0.2) is 6.61 Å². The lowest BCUT2D eigenvalue weighted by atomic mass is 10.1. The molecule has 7 heteroatoms. The highest BCUT2D eigenvalue weighted by Crippen LogP contribution is 2.20. The van der Waals surface area contributed by atoms with Crippen molar-refractivity contribution >= 4 is 15.9 Å². The third-order valence-electron chi connectivity index (χ3n) is 4.84. The van der Waals surface area contributed by atoms with Gasteiger partial charge in [-0.1, -0.05) is 30.3 Å². The standard InChI is InChI=1S/C21H26N2O4S/c1-17(18-8-4-2-5-9-18)22-28(25,26)20-12-10-19(11-13-20)27-16-21(24)23-14-6-3-7-15-23/h2,4-5,8-13,17,22H,3,6-7,14-16H2,1H3. The number of hydrogen-bond acceptors (Lipinski definition) is 4. The van der Waals surface area contributed by atoms with Gasteiger partial charge in [-0.15, -0.1) is 0 Å². The number of piperidine rings is 1. The normalized spacial score (nSPS) is 15.8. The lowest BCUT2D eigenvalue weighted by Gasteiger charge is -2.26. The highest BCUT2D eigenvalue weighted by Gasteiger charge is 2.19. The predicted molar refractivity (Wildman–Crippen MR) is 108 cm³/mol. The fourth-order valence-electron chi connectivity index (χ4n) is 3.21. The number of nitrogens with zero attached hydrogens (tertiary/aromatic N) is 1. The van der Waals surface area contributed by atoms with Gasteiger partial charge in [-0.25, -0.2) is 13.1 Å². The highest BCUT2D eigenvalue weighted by atomic mass is 32.2. The molecular weight excluding hydrogens is 376 g/mol. The van der Waals surface area contributed by atoms with Crippen LogP contribution in [0, 0.1) is 0 Å². The maximum Gasteiger partial charge on any atom is 0.260 e. The van der Waals surface area contributed by atoms with Crippen molar-refractivity contribution < 1.29 is 17.9 Å². The highest BCUT2D eigenvalue weighted by molar-refractivity contribution is 7.89. The molecule has 0 spiro atoms. The number of benzene rings is 2. The van der Waals surface area contributed by atoms with Crippen molar-refractivity contribution in [2.45, 2.75) is 37.1 Å². The molecule has 2 aromatic carbocycles. The fraction of sp³-hybridized carbons (Fsp3) is 0.381. The molecule has 0 saturated carbocycles. The number of amides is 1. The summed E-state index contributed by atoms with van der Waals surface area (Å²) in [7, 11) is -3.65. The molecule has 0 bridgehead atoms. The summed E-state index contributed by atoms with van der Waals surface area (Å²) in [5.41, 5.74) is 0.891. The Labute approximate surface area is 166 Å². The zero-order chi connectivity index (χ0) is 20.0. The molecule has 3 rings (SSSR count). The van der Waals surface area contributed by atoms with Gasteiger partial charge in [0.2, 0.25) is 10.0 Å². The second kappa shape index (κ2) is 9.21. The maximum absolute atomic E-state index is 12.6. The number of carbonyl (C=O) groups is 1. The molecular formula is C21H26N2O4S. The van der Waals surface area contributed by atoms with Crippen molar-refractivity contribution in [3.05, 3.63) is 60.2 Å². The molecule has 0 radical (unpaired) electrons. The molecule has 150 valence electrons. The molecule has 1 amide bonds. The summed E-state index contributed by atoms with van der Waals surface area (Å²) >= 11 is 0. The minimum absolute atomic E-state index is 0.0324. The van der Waals surface area contributed by atoms with E-state index in [0.29, 0.717) is 5.75 Å². The molecule has 1 aliphatic rings. The first kappa shape index (κ1) is 20.4. The Bertz CT molecular complexity index is 876. The largest absolute Gasteiger partial charge is 0.484 e. The van der Waals surface area contributed by atoms with Gasteiger partial charge in [0.05, 0.1) is 4.90 Å². The number of hydrogen-bond donors (Lipinski definition) is 1. The average Bonchev–Trinajstić information content (AvgIpc) is 2.73. The van der Waals surface area contributed by atoms with E-state index in [1.54, 1.807) is 19.1 Å². The van der Waals surface area contributed by atoms with Crippen LogP contribution in [0.4, 0.5) is 0 Å². The summed E-state index contributed by atoms with van der Waals surface area (Å²) in [6.07, 6.45) is 3.23. The van der Waals surface area contributed by atoms with Gasteiger partial charge >= 0.3 is 0 Å². The summed E-state index contributed by atoms with van der Waals surface area (Å²) in [4.78, 5) is 14.1. The lowest BCUT2D eigenvalue weighted by molar-refractivity contribution is -0.134. The second-order valence-electron chi connectivity index (χ2n) is 6.96. The molecule has 6 nitrogen and oxygen atoms in total. The molecule has 1 N–H and O–H groups in total. The third-order valence-corrected chi connectivity index (χ3v) is 6.39. The Kier molecular flexibility index (Phi) is 6.70. The SMILES string of the molecule is CC(NS(=O)(=O)c1ccc(OCC(=O)N2CCCCC2)cc1)c1ccccc1. The van der Waals surface area contributed by atoms with Gasteiger partial charge in [0.25, 0.3) is 5.91 Å². The van der Waals surface area contributed by atoms with Gasteiger partial charge < -0.3 is 9.64 Å². The van der Waals surface area contributed by atoms with Crippen LogP contribution < -0.4 is 9.46 Å². The Morgan fingerprint density at radius 1 is 1.04 bits per heavy atom. The van der Waals surface area contributed by atoms with Crippen LogP contribution >= 0.6 is 0 Å². The number of sulfonamides is 1. The number of ether oxygens (including phenoxy) is 1. The molecule has 1 aliphatic heterocycles. The Hall–Kier alpha value is -2.38. The van der Waals surface area contributed by atoms with Crippen molar-refractivity contribution in [3.63, 3.8) is 0 Å². The molecule has 2 aromatic rings. The van der Waals surface area contributed by atoms with Crippen molar-refractivity contribution in [3.8, 4) is 5.75 Å². The Morgan fingerprint density at radius 3 is 2.32 bits per heavy atom. The molecule has 1 unspecified atom stereocenters. The van der Waals surface area contributed by atoms with Crippen LogP contribution in [0.5, 0.6) is 5.75 Å². The molecule has 1 saturated heterocycles. The van der Waals surface area contributed by atoms with E-state index in [1.165, 1.54) is 12.1 Å². The molecule has 0 aliphatic carbocycles. The minimum Gasteiger partial charge on any atom is -0.484 e. The first-order valence-electron chi connectivity index (χ1n) is 9.53. The van der Waals surface area contributed by atoms with Gasteiger partial charge in [0.1, 0.15) is 5.75 Å². The molecule has 1 fully saturated rings. The number of likely N-dealkylation sites (tertiary alicyclic amines) is 1. The molecule has 28 heavy (non-hydrogen) atoms. The second-order valence-corrected chi connectivity index (χ2v) is 8.67. The van der Waals surface area contributed by atoms with Crippen LogP contribution in [0.25, 0.3) is 0 Å².